The largest absolute Gasteiger partial charge is 1.00 e. The number of halogens is 3. The summed E-state index contributed by atoms with van der Waals surface area (Å²) in [5.74, 6) is -2.87. The number of ketones is 2. The number of alkyl halides is 3. The molecule has 2 unspecified atom stereocenters. The second kappa shape index (κ2) is 9.03. The molecule has 1 fully saturated rings. The van der Waals surface area contributed by atoms with Crippen LogP contribution in [-0.2, 0) is 10.1 Å². The smallest absolute Gasteiger partial charge is 1.00 e. The van der Waals surface area contributed by atoms with Crippen LogP contribution in [0.4, 0.5) is 24.5 Å². The molecule has 0 bridgehead atoms. The second-order valence-electron chi connectivity index (χ2n) is 8.01. The van der Waals surface area contributed by atoms with E-state index in [0.717, 1.165) is 6.07 Å². The fraction of sp³-hybridized carbons (Fsp3) is 0.333. The van der Waals surface area contributed by atoms with E-state index in [-0.39, 0.29) is 72.6 Å². The number of hydrogen-bond donors (Lipinski definition) is 3. The van der Waals surface area contributed by atoms with Gasteiger partial charge in [0.1, 0.15) is 4.90 Å². The minimum atomic E-state index is -4.89. The Morgan fingerprint density at radius 2 is 1.64 bits per heavy atom. The maximum atomic E-state index is 13.2. The van der Waals surface area contributed by atoms with E-state index in [9.17, 15) is 35.7 Å². The zero-order valence-corrected chi connectivity index (χ0v) is 20.4. The number of benzene rings is 2. The number of fused-ring (bicyclic) bond motifs is 2. The zero-order chi connectivity index (χ0) is 23.4. The molecule has 0 amide bonds. The molecule has 2 atom stereocenters. The molecule has 172 valence electrons. The van der Waals surface area contributed by atoms with Gasteiger partial charge in [-0.2, -0.15) is 21.6 Å². The van der Waals surface area contributed by atoms with Gasteiger partial charge in [0.25, 0.3) is 10.1 Å². The number of hydrogen-bond acceptors (Lipinski definition) is 6. The summed E-state index contributed by atoms with van der Waals surface area (Å²) in [5, 5.41) is 2.83. The van der Waals surface area contributed by atoms with E-state index in [1.165, 1.54) is 18.2 Å². The second-order valence-corrected chi connectivity index (χ2v) is 9.40. The Balaban J connectivity index is 0.00000204. The van der Waals surface area contributed by atoms with E-state index in [1.54, 1.807) is 6.07 Å². The molecule has 0 aromatic heterocycles. The van der Waals surface area contributed by atoms with Crippen molar-refractivity contribution in [3.63, 3.8) is 0 Å². The van der Waals surface area contributed by atoms with Gasteiger partial charge < -0.3 is 12.5 Å². The Hall–Kier alpha value is -1.92. The first kappa shape index (κ1) is 25.7. The Labute approximate surface area is 211 Å². The molecule has 33 heavy (non-hydrogen) atoms. The summed E-state index contributed by atoms with van der Waals surface area (Å²) in [6.45, 7) is 0. The van der Waals surface area contributed by atoms with Gasteiger partial charge in [-0.1, -0.05) is 30.7 Å². The predicted molar refractivity (Wildman–Crippen MR) is 111 cm³/mol. The van der Waals surface area contributed by atoms with E-state index in [4.69, 9.17) is 5.73 Å². The average Bonchev–Trinajstić information content (AvgIpc) is 2.71. The van der Waals surface area contributed by atoms with Crippen LogP contribution in [0, 0.1) is 5.92 Å². The zero-order valence-electron chi connectivity index (χ0n) is 18.6. The van der Waals surface area contributed by atoms with Gasteiger partial charge in [-0.3, -0.25) is 14.1 Å². The van der Waals surface area contributed by atoms with Crippen molar-refractivity contribution in [2.45, 2.75) is 42.8 Å². The molecule has 0 spiro atoms. The minimum Gasteiger partial charge on any atom is -1.00 e. The minimum absolute atomic E-state index is 0. The van der Waals surface area contributed by atoms with Gasteiger partial charge >= 0.3 is 35.7 Å². The molecule has 0 saturated heterocycles. The molecule has 4 rings (SSSR count). The summed E-state index contributed by atoms with van der Waals surface area (Å²) in [6.07, 6.45) is -4.05. The third kappa shape index (κ3) is 4.69. The quantitative estimate of drug-likeness (QED) is 0.282. The van der Waals surface area contributed by atoms with Crippen LogP contribution in [0.2, 0.25) is 0 Å². The van der Waals surface area contributed by atoms with E-state index < -0.39 is 56.0 Å². The van der Waals surface area contributed by atoms with Gasteiger partial charge in [0, 0.05) is 22.9 Å². The fourth-order valence-corrected chi connectivity index (χ4v) is 5.11. The molecule has 2 aromatic rings. The van der Waals surface area contributed by atoms with E-state index in [2.05, 4.69) is 5.32 Å². The Bertz CT molecular complexity index is 1250. The summed E-state index contributed by atoms with van der Waals surface area (Å²) < 4.78 is 73.1. The first-order chi connectivity index (χ1) is 14.9. The van der Waals surface area contributed by atoms with Crippen molar-refractivity contribution in [3.8, 4) is 0 Å². The number of nitrogens with two attached hydrogens (primary N) is 1. The van der Waals surface area contributed by atoms with E-state index in [1.807, 2.05) is 0 Å². The van der Waals surface area contributed by atoms with Crippen LogP contribution in [0.3, 0.4) is 0 Å². The molecule has 7 nitrogen and oxygen atoms in total. The molecule has 12 heteroatoms. The van der Waals surface area contributed by atoms with Gasteiger partial charge in [0.2, 0.25) is 0 Å². The Kier molecular flexibility index (Phi) is 7.03. The maximum absolute atomic E-state index is 13.2. The summed E-state index contributed by atoms with van der Waals surface area (Å²) >= 11 is 0. The van der Waals surface area contributed by atoms with Crippen molar-refractivity contribution >= 4 is 33.1 Å². The van der Waals surface area contributed by atoms with Crippen LogP contribution < -0.4 is 40.6 Å². The number of nitrogens with one attached hydrogen (secondary N) is 1. The van der Waals surface area contributed by atoms with Crippen molar-refractivity contribution in [1.82, 2.24) is 0 Å². The first-order valence-corrected chi connectivity index (χ1v) is 11.3. The fourth-order valence-electron chi connectivity index (χ4n) is 4.46. The van der Waals surface area contributed by atoms with E-state index >= 15 is 0 Å². The number of anilines is 2. The third-order valence-corrected chi connectivity index (χ3v) is 6.87. The SMILES string of the molecule is Nc1c(S(=O)(=O)O)cc(NC2CCCC(C(F)(F)F)C2)c2c1C(=O)c1ccccc1C2=O.[H-].[Na+]. The van der Waals surface area contributed by atoms with E-state index in [0.29, 0.717) is 6.42 Å². The van der Waals surface area contributed by atoms with Crippen molar-refractivity contribution in [2.75, 3.05) is 11.1 Å². The molecule has 1 saturated carbocycles. The van der Waals surface area contributed by atoms with Crippen molar-refractivity contribution in [3.05, 3.63) is 52.6 Å². The van der Waals surface area contributed by atoms with Crippen LogP contribution in [0.25, 0.3) is 0 Å². The molecule has 0 aliphatic heterocycles. The molecule has 2 aliphatic rings. The van der Waals surface area contributed by atoms with Gasteiger partial charge in [-0.25, -0.2) is 0 Å². The number of rotatable bonds is 3. The Morgan fingerprint density at radius 3 is 2.18 bits per heavy atom. The molecule has 2 aliphatic carbocycles. The Morgan fingerprint density at radius 1 is 1.06 bits per heavy atom. The summed E-state index contributed by atoms with van der Waals surface area (Å²) in [7, 11) is -4.89. The first-order valence-electron chi connectivity index (χ1n) is 9.85. The van der Waals surface area contributed by atoms with Crippen molar-refractivity contribution in [2.24, 2.45) is 5.92 Å². The van der Waals surface area contributed by atoms with Crippen LogP contribution in [0.15, 0.2) is 35.2 Å². The maximum Gasteiger partial charge on any atom is 1.00 e. The summed E-state index contributed by atoms with van der Waals surface area (Å²) in [4.78, 5) is 25.5. The van der Waals surface area contributed by atoms with Gasteiger partial charge in [0.05, 0.1) is 22.7 Å². The molecule has 4 N–H and O–H groups in total. The molecule has 2 aromatic carbocycles. The number of nitrogen functional groups attached to an aromatic ring is 1. The van der Waals surface area contributed by atoms with Gasteiger partial charge in [0.15, 0.2) is 11.6 Å². The molecule has 0 heterocycles. The summed E-state index contributed by atoms with van der Waals surface area (Å²) in [6, 6.07) is 6.07. The topological polar surface area (TPSA) is 127 Å². The van der Waals surface area contributed by atoms with Crippen molar-refractivity contribution < 1.29 is 66.7 Å². The van der Waals surface area contributed by atoms with Crippen LogP contribution >= 0.6 is 0 Å². The third-order valence-electron chi connectivity index (χ3n) is 5.97. The van der Waals surface area contributed by atoms with Gasteiger partial charge in [-0.05, 0) is 25.3 Å². The summed E-state index contributed by atoms with van der Waals surface area (Å²) in [5.41, 5.74) is 4.64. The standard InChI is InChI=1S/C21H19F3N2O5S.Na.H/c22-21(23,24)10-4-3-5-11(8-10)26-14-9-15(32(29,30)31)18(25)17-16(14)19(27)12-6-1-2-7-13(12)20(17)28;;/h1-2,6-7,9-11,26H,3-5,8,25H2,(H,29,30,31);;/q;+1;-1. The van der Waals surface area contributed by atoms with Crippen LogP contribution in [-0.4, -0.2) is 36.8 Å². The van der Waals surface area contributed by atoms with Crippen molar-refractivity contribution in [1.29, 1.82) is 0 Å². The molecular formula is C21H20F3N2NaO5S. The van der Waals surface area contributed by atoms with Crippen LogP contribution in [0.5, 0.6) is 0 Å². The monoisotopic (exact) mass is 492 g/mol. The molecular weight excluding hydrogens is 472 g/mol. The molecule has 0 radical (unpaired) electrons. The van der Waals surface area contributed by atoms with Gasteiger partial charge in [-0.15, -0.1) is 0 Å². The predicted octanol–water partition coefficient (Wildman–Crippen LogP) is 0.940. The van der Waals surface area contributed by atoms with Crippen LogP contribution in [0.1, 0.15) is 59.0 Å². The number of carbonyl (C=O) groups excluding carboxylic acids is 2. The number of carbonyl (C=O) groups is 2. The average molecular weight is 492 g/mol. The normalized spacial score (nSPS) is 20.5.